The molecular formula is C14H20NO. The van der Waals surface area contributed by atoms with Crippen molar-refractivity contribution in [2.75, 3.05) is 13.2 Å². The summed E-state index contributed by atoms with van der Waals surface area (Å²) in [6.07, 6.45) is 4.69. The number of hydrogen-bond donors (Lipinski definition) is 0. The van der Waals surface area contributed by atoms with Crippen molar-refractivity contribution >= 4 is 0 Å². The van der Waals surface area contributed by atoms with Gasteiger partial charge >= 0.3 is 0 Å². The number of ether oxygens (including phenoxy) is 1. The predicted octanol–water partition coefficient (Wildman–Crippen LogP) is 3.30. The van der Waals surface area contributed by atoms with Gasteiger partial charge in [-0.2, -0.15) is 0 Å². The lowest BCUT2D eigenvalue weighted by Gasteiger charge is -2.15. The Morgan fingerprint density at radius 3 is 3.00 bits per heavy atom. The third-order valence-corrected chi connectivity index (χ3v) is 3.02. The maximum Gasteiger partial charge on any atom is 0.124 e. The summed E-state index contributed by atoms with van der Waals surface area (Å²) in [6.45, 7) is 4.01. The topological polar surface area (TPSA) is 23.3 Å². The van der Waals surface area contributed by atoms with Crippen LogP contribution in [0.3, 0.4) is 0 Å². The number of rotatable bonds is 5. The van der Waals surface area contributed by atoms with E-state index in [9.17, 15) is 0 Å². The Kier molecular flexibility index (Phi) is 4.23. The molecule has 1 saturated heterocycles. The molecule has 1 aromatic rings. The molecule has 87 valence electrons. The van der Waals surface area contributed by atoms with Crippen LogP contribution in [0.25, 0.3) is 0 Å². The zero-order chi connectivity index (χ0) is 11.2. The zero-order valence-corrected chi connectivity index (χ0v) is 9.98. The lowest BCUT2D eigenvalue weighted by Crippen LogP contribution is -2.08. The van der Waals surface area contributed by atoms with E-state index in [1.54, 1.807) is 0 Å². The van der Waals surface area contributed by atoms with E-state index in [2.05, 4.69) is 30.4 Å². The van der Waals surface area contributed by atoms with Crippen LogP contribution in [-0.4, -0.2) is 13.2 Å². The summed E-state index contributed by atoms with van der Waals surface area (Å²) in [7, 11) is 0. The third kappa shape index (κ3) is 2.76. The summed E-state index contributed by atoms with van der Waals surface area (Å²) in [5.41, 5.74) is 1.27. The predicted molar refractivity (Wildman–Crippen MR) is 65.8 cm³/mol. The molecule has 1 radical (unpaired) electrons. The van der Waals surface area contributed by atoms with Crippen molar-refractivity contribution in [3.05, 3.63) is 29.8 Å². The fraction of sp³-hybridized carbons (Fsp3) is 0.571. The molecule has 0 spiro atoms. The quantitative estimate of drug-likeness (QED) is 0.695. The van der Waals surface area contributed by atoms with Crippen molar-refractivity contribution in [1.82, 2.24) is 5.32 Å². The Balaban J connectivity index is 2.04. The van der Waals surface area contributed by atoms with Crippen LogP contribution in [0, 0.1) is 0 Å². The van der Waals surface area contributed by atoms with Gasteiger partial charge in [-0.05, 0) is 25.3 Å². The summed E-state index contributed by atoms with van der Waals surface area (Å²) in [4.78, 5) is 0. The van der Waals surface area contributed by atoms with Crippen LogP contribution in [0.2, 0.25) is 0 Å². The maximum absolute atomic E-state index is 5.83. The van der Waals surface area contributed by atoms with Crippen LogP contribution >= 0.6 is 0 Å². The molecule has 1 unspecified atom stereocenters. The van der Waals surface area contributed by atoms with E-state index in [1.807, 2.05) is 6.07 Å². The van der Waals surface area contributed by atoms with E-state index in [0.29, 0.717) is 6.04 Å². The zero-order valence-electron chi connectivity index (χ0n) is 9.98. The Morgan fingerprint density at radius 1 is 1.38 bits per heavy atom. The van der Waals surface area contributed by atoms with E-state index < -0.39 is 0 Å². The van der Waals surface area contributed by atoms with Crippen LogP contribution in [0.1, 0.15) is 44.2 Å². The molecular weight excluding hydrogens is 198 g/mol. The molecule has 0 aliphatic carbocycles. The summed E-state index contributed by atoms with van der Waals surface area (Å²) >= 11 is 0. The molecule has 0 amide bonds. The van der Waals surface area contributed by atoms with E-state index in [4.69, 9.17) is 4.74 Å². The molecule has 1 heterocycles. The van der Waals surface area contributed by atoms with Gasteiger partial charge in [0.05, 0.1) is 12.6 Å². The van der Waals surface area contributed by atoms with Crippen LogP contribution in [0.15, 0.2) is 24.3 Å². The first-order valence-electron chi connectivity index (χ1n) is 6.30. The van der Waals surface area contributed by atoms with E-state index in [-0.39, 0.29) is 0 Å². The lowest BCUT2D eigenvalue weighted by atomic mass is 10.0. The highest BCUT2D eigenvalue weighted by atomic mass is 16.5. The largest absolute Gasteiger partial charge is 0.493 e. The number of para-hydroxylation sites is 1. The van der Waals surface area contributed by atoms with Gasteiger partial charge in [0.1, 0.15) is 5.75 Å². The molecule has 2 heteroatoms. The average Bonchev–Trinajstić information content (AvgIpc) is 2.83. The van der Waals surface area contributed by atoms with Gasteiger partial charge in [0.2, 0.25) is 0 Å². The SMILES string of the molecule is CCCCOc1ccccc1C1CCC[N]1. The molecule has 1 aliphatic rings. The smallest absolute Gasteiger partial charge is 0.124 e. The minimum atomic E-state index is 0.373. The Bertz CT molecular complexity index is 318. The highest BCUT2D eigenvalue weighted by Crippen LogP contribution is 2.31. The number of hydrogen-bond acceptors (Lipinski definition) is 1. The fourth-order valence-electron chi connectivity index (χ4n) is 2.09. The van der Waals surface area contributed by atoms with Gasteiger partial charge in [-0.15, -0.1) is 0 Å². The van der Waals surface area contributed by atoms with Crippen molar-refractivity contribution in [2.45, 2.75) is 38.6 Å². The lowest BCUT2D eigenvalue weighted by molar-refractivity contribution is 0.303. The Morgan fingerprint density at radius 2 is 2.25 bits per heavy atom. The molecule has 1 aliphatic heterocycles. The summed E-state index contributed by atoms with van der Waals surface area (Å²) in [6, 6.07) is 8.72. The molecule has 1 fully saturated rings. The van der Waals surface area contributed by atoms with Crippen LogP contribution in [0.4, 0.5) is 0 Å². The van der Waals surface area contributed by atoms with Crippen molar-refractivity contribution in [3.63, 3.8) is 0 Å². The molecule has 16 heavy (non-hydrogen) atoms. The number of unbranched alkanes of at least 4 members (excludes halogenated alkanes) is 1. The first-order chi connectivity index (χ1) is 7.92. The fourth-order valence-corrected chi connectivity index (χ4v) is 2.09. The van der Waals surface area contributed by atoms with Crippen molar-refractivity contribution < 1.29 is 4.74 Å². The van der Waals surface area contributed by atoms with E-state index in [1.165, 1.54) is 24.8 Å². The van der Waals surface area contributed by atoms with Crippen molar-refractivity contribution in [3.8, 4) is 5.75 Å². The summed E-state index contributed by atoms with van der Waals surface area (Å²) in [5, 5.41) is 4.61. The molecule has 0 N–H and O–H groups in total. The maximum atomic E-state index is 5.83. The first-order valence-corrected chi connectivity index (χ1v) is 6.30. The van der Waals surface area contributed by atoms with Gasteiger partial charge in [-0.3, -0.25) is 0 Å². The standard InChI is InChI=1S/C14H20NO/c1-2-3-11-16-14-9-5-4-7-12(14)13-8-6-10-15-13/h4-5,7,9,13H,2-3,6,8,10-11H2,1H3. The highest BCUT2D eigenvalue weighted by Gasteiger charge is 2.20. The molecule has 2 nitrogen and oxygen atoms in total. The van der Waals surface area contributed by atoms with Crippen molar-refractivity contribution in [1.29, 1.82) is 0 Å². The van der Waals surface area contributed by atoms with Gasteiger partial charge in [0.25, 0.3) is 0 Å². The minimum absolute atomic E-state index is 0.373. The Hall–Kier alpha value is -1.02. The third-order valence-electron chi connectivity index (χ3n) is 3.02. The molecule has 1 atom stereocenters. The molecule has 0 aromatic heterocycles. The summed E-state index contributed by atoms with van der Waals surface area (Å²) < 4.78 is 5.83. The number of benzene rings is 1. The van der Waals surface area contributed by atoms with Crippen LogP contribution < -0.4 is 10.1 Å². The Labute approximate surface area is 98.0 Å². The normalized spacial score (nSPS) is 19.9. The van der Waals surface area contributed by atoms with Gasteiger partial charge in [-0.1, -0.05) is 31.5 Å². The molecule has 0 bridgehead atoms. The van der Waals surface area contributed by atoms with Crippen LogP contribution in [-0.2, 0) is 0 Å². The average molecular weight is 218 g/mol. The van der Waals surface area contributed by atoms with E-state index >= 15 is 0 Å². The number of nitrogens with zero attached hydrogens (tertiary/aromatic N) is 1. The molecule has 1 aromatic carbocycles. The molecule has 2 rings (SSSR count). The van der Waals surface area contributed by atoms with Gasteiger partial charge in [0, 0.05) is 12.1 Å². The second kappa shape index (κ2) is 5.90. The monoisotopic (exact) mass is 218 g/mol. The van der Waals surface area contributed by atoms with Gasteiger partial charge in [-0.25, -0.2) is 5.32 Å². The van der Waals surface area contributed by atoms with Crippen LogP contribution in [0.5, 0.6) is 5.75 Å². The first kappa shape index (κ1) is 11.5. The minimum Gasteiger partial charge on any atom is -0.493 e. The van der Waals surface area contributed by atoms with Gasteiger partial charge in [0.15, 0.2) is 0 Å². The van der Waals surface area contributed by atoms with Crippen molar-refractivity contribution in [2.24, 2.45) is 0 Å². The second-order valence-corrected chi connectivity index (χ2v) is 4.30. The highest BCUT2D eigenvalue weighted by molar-refractivity contribution is 5.36. The van der Waals surface area contributed by atoms with E-state index in [0.717, 1.165) is 25.3 Å². The second-order valence-electron chi connectivity index (χ2n) is 4.30. The summed E-state index contributed by atoms with van der Waals surface area (Å²) in [5.74, 6) is 1.03. The van der Waals surface area contributed by atoms with Gasteiger partial charge < -0.3 is 4.74 Å². The molecule has 0 saturated carbocycles.